The molecule has 0 unspecified atom stereocenters. The van der Waals surface area contributed by atoms with Gasteiger partial charge in [-0.25, -0.2) is 4.79 Å². The molecule has 8 heteroatoms. The molecule has 2 aromatic rings. The highest BCUT2D eigenvalue weighted by Crippen LogP contribution is 2.11. The standard InChI is InChI=1S/C12H9N3O5/c13-10(16)6-1-3-7(4-2-6)14-11(17)8-5-9(12(18)19)20-15-8/h1-5H,(H2,13,16)(H,14,17)(H,18,19). The highest BCUT2D eigenvalue weighted by molar-refractivity contribution is 6.04. The largest absolute Gasteiger partial charge is 0.475 e. The molecule has 0 radical (unpaired) electrons. The zero-order valence-electron chi connectivity index (χ0n) is 9.99. The van der Waals surface area contributed by atoms with Gasteiger partial charge in [0.05, 0.1) is 0 Å². The number of nitrogens with zero attached hydrogens (tertiary/aromatic N) is 1. The van der Waals surface area contributed by atoms with Crippen molar-refractivity contribution in [1.82, 2.24) is 5.16 Å². The van der Waals surface area contributed by atoms with Gasteiger partial charge in [-0.1, -0.05) is 5.16 Å². The second-order valence-electron chi connectivity index (χ2n) is 3.78. The molecule has 0 aliphatic rings. The average Bonchev–Trinajstić information content (AvgIpc) is 2.89. The molecule has 0 atom stereocenters. The van der Waals surface area contributed by atoms with Crippen molar-refractivity contribution in [3.63, 3.8) is 0 Å². The molecule has 102 valence electrons. The Hall–Kier alpha value is -3.16. The zero-order valence-corrected chi connectivity index (χ0v) is 9.99. The van der Waals surface area contributed by atoms with Crippen LogP contribution >= 0.6 is 0 Å². The van der Waals surface area contributed by atoms with Crippen LogP contribution in [0.1, 0.15) is 31.4 Å². The molecule has 0 spiro atoms. The number of nitrogens with one attached hydrogen (secondary N) is 1. The van der Waals surface area contributed by atoms with Crippen molar-refractivity contribution in [3.05, 3.63) is 47.3 Å². The fraction of sp³-hybridized carbons (Fsp3) is 0. The lowest BCUT2D eigenvalue weighted by atomic mass is 10.2. The van der Waals surface area contributed by atoms with Crippen molar-refractivity contribution in [3.8, 4) is 0 Å². The number of aromatic carboxylic acids is 1. The van der Waals surface area contributed by atoms with E-state index >= 15 is 0 Å². The first-order valence-electron chi connectivity index (χ1n) is 5.38. The first kappa shape index (κ1) is 13.3. The first-order valence-corrected chi connectivity index (χ1v) is 5.38. The number of carbonyl (C=O) groups is 3. The number of carbonyl (C=O) groups excluding carboxylic acids is 2. The molecule has 2 rings (SSSR count). The summed E-state index contributed by atoms with van der Waals surface area (Å²) >= 11 is 0. The second kappa shape index (κ2) is 5.22. The van der Waals surface area contributed by atoms with Gasteiger partial charge in [-0.05, 0) is 24.3 Å². The number of nitrogens with two attached hydrogens (primary N) is 1. The Morgan fingerprint density at radius 2 is 1.85 bits per heavy atom. The van der Waals surface area contributed by atoms with E-state index in [0.29, 0.717) is 11.3 Å². The number of rotatable bonds is 4. The van der Waals surface area contributed by atoms with Gasteiger partial charge in [-0.3, -0.25) is 9.59 Å². The SMILES string of the molecule is NC(=O)c1ccc(NC(=O)c2cc(C(=O)O)on2)cc1. The van der Waals surface area contributed by atoms with E-state index in [2.05, 4.69) is 15.0 Å². The van der Waals surface area contributed by atoms with E-state index < -0.39 is 23.5 Å². The van der Waals surface area contributed by atoms with Crippen LogP contribution in [0, 0.1) is 0 Å². The van der Waals surface area contributed by atoms with E-state index in [0.717, 1.165) is 6.07 Å². The monoisotopic (exact) mass is 275 g/mol. The van der Waals surface area contributed by atoms with Crippen molar-refractivity contribution in [2.24, 2.45) is 5.73 Å². The number of primary amides is 1. The summed E-state index contributed by atoms with van der Waals surface area (Å²) in [6.07, 6.45) is 0. The zero-order chi connectivity index (χ0) is 14.7. The van der Waals surface area contributed by atoms with Gasteiger partial charge in [-0.2, -0.15) is 0 Å². The molecule has 1 aromatic carbocycles. The number of anilines is 1. The first-order chi connectivity index (χ1) is 9.47. The molecular formula is C12H9N3O5. The molecule has 0 aliphatic heterocycles. The number of aromatic nitrogens is 1. The molecule has 0 aliphatic carbocycles. The van der Waals surface area contributed by atoms with E-state index in [9.17, 15) is 14.4 Å². The Labute approximate surface area is 112 Å². The molecule has 0 fully saturated rings. The van der Waals surface area contributed by atoms with Gasteiger partial charge in [0.2, 0.25) is 11.7 Å². The number of hydrogen-bond acceptors (Lipinski definition) is 5. The maximum atomic E-state index is 11.8. The third-order valence-electron chi connectivity index (χ3n) is 2.38. The molecule has 1 aromatic heterocycles. The lowest BCUT2D eigenvalue weighted by molar-refractivity contribution is 0.0651. The molecule has 0 bridgehead atoms. The summed E-state index contributed by atoms with van der Waals surface area (Å²) in [5.74, 6) is -2.96. The molecule has 0 saturated heterocycles. The third kappa shape index (κ3) is 2.80. The summed E-state index contributed by atoms with van der Waals surface area (Å²) in [6, 6.07) is 6.87. The van der Waals surface area contributed by atoms with Gasteiger partial charge in [0.1, 0.15) is 0 Å². The van der Waals surface area contributed by atoms with Crippen LogP contribution in [0.25, 0.3) is 0 Å². The Morgan fingerprint density at radius 3 is 2.35 bits per heavy atom. The summed E-state index contributed by atoms with van der Waals surface area (Å²) < 4.78 is 4.46. The molecular weight excluding hydrogens is 266 g/mol. The third-order valence-corrected chi connectivity index (χ3v) is 2.38. The van der Waals surface area contributed by atoms with E-state index in [-0.39, 0.29) is 5.69 Å². The van der Waals surface area contributed by atoms with E-state index in [4.69, 9.17) is 10.8 Å². The van der Waals surface area contributed by atoms with Crippen molar-refractivity contribution >= 4 is 23.5 Å². The number of carboxylic acids is 1. The van der Waals surface area contributed by atoms with Gasteiger partial charge in [0, 0.05) is 17.3 Å². The highest BCUT2D eigenvalue weighted by Gasteiger charge is 2.16. The second-order valence-corrected chi connectivity index (χ2v) is 3.78. The Balaban J connectivity index is 2.10. The van der Waals surface area contributed by atoms with Crippen molar-refractivity contribution in [2.75, 3.05) is 5.32 Å². The predicted octanol–water partition coefficient (Wildman–Crippen LogP) is 0.724. The van der Waals surface area contributed by atoms with Crippen molar-refractivity contribution in [1.29, 1.82) is 0 Å². The summed E-state index contributed by atoms with van der Waals surface area (Å²) in [6.45, 7) is 0. The molecule has 20 heavy (non-hydrogen) atoms. The summed E-state index contributed by atoms with van der Waals surface area (Å²) in [5, 5.41) is 14.5. The average molecular weight is 275 g/mol. The van der Waals surface area contributed by atoms with Gasteiger partial charge in [0.15, 0.2) is 5.69 Å². The molecule has 2 amide bonds. The van der Waals surface area contributed by atoms with E-state index in [1.165, 1.54) is 24.3 Å². The number of hydrogen-bond donors (Lipinski definition) is 3. The van der Waals surface area contributed by atoms with Crippen LogP contribution in [-0.2, 0) is 0 Å². The van der Waals surface area contributed by atoms with Crippen LogP contribution in [0.2, 0.25) is 0 Å². The Kier molecular flexibility index (Phi) is 3.47. The molecule has 4 N–H and O–H groups in total. The van der Waals surface area contributed by atoms with Crippen LogP contribution in [0.4, 0.5) is 5.69 Å². The summed E-state index contributed by atoms with van der Waals surface area (Å²) in [7, 11) is 0. The van der Waals surface area contributed by atoms with Gasteiger partial charge >= 0.3 is 5.97 Å². The molecule has 1 heterocycles. The predicted molar refractivity (Wildman–Crippen MR) is 66.4 cm³/mol. The van der Waals surface area contributed by atoms with Crippen LogP contribution in [0.5, 0.6) is 0 Å². The number of amides is 2. The minimum Gasteiger partial charge on any atom is -0.475 e. The minimum absolute atomic E-state index is 0.165. The van der Waals surface area contributed by atoms with Gasteiger partial charge in [-0.15, -0.1) is 0 Å². The normalized spacial score (nSPS) is 10.0. The quantitative estimate of drug-likeness (QED) is 0.752. The summed E-state index contributed by atoms with van der Waals surface area (Å²) in [5.41, 5.74) is 5.62. The minimum atomic E-state index is -1.32. The summed E-state index contributed by atoms with van der Waals surface area (Å²) in [4.78, 5) is 33.2. The maximum Gasteiger partial charge on any atom is 0.374 e. The van der Waals surface area contributed by atoms with Crippen molar-refractivity contribution < 1.29 is 24.0 Å². The van der Waals surface area contributed by atoms with E-state index in [1.807, 2.05) is 0 Å². The molecule has 0 saturated carbocycles. The fourth-order valence-corrected chi connectivity index (χ4v) is 1.40. The Bertz CT molecular complexity index is 675. The smallest absolute Gasteiger partial charge is 0.374 e. The van der Waals surface area contributed by atoms with Crippen molar-refractivity contribution in [2.45, 2.75) is 0 Å². The Morgan fingerprint density at radius 1 is 1.20 bits per heavy atom. The van der Waals surface area contributed by atoms with Gasteiger partial charge in [0.25, 0.3) is 5.91 Å². The number of benzene rings is 1. The van der Waals surface area contributed by atoms with Gasteiger partial charge < -0.3 is 20.7 Å². The maximum absolute atomic E-state index is 11.8. The van der Waals surface area contributed by atoms with Crippen LogP contribution < -0.4 is 11.1 Å². The number of carboxylic acid groups (broad SMARTS) is 1. The van der Waals surface area contributed by atoms with Crippen LogP contribution in [0.3, 0.4) is 0 Å². The highest BCUT2D eigenvalue weighted by atomic mass is 16.5. The van der Waals surface area contributed by atoms with Crippen LogP contribution in [-0.4, -0.2) is 28.0 Å². The van der Waals surface area contributed by atoms with E-state index in [1.54, 1.807) is 0 Å². The molecule has 8 nitrogen and oxygen atoms in total. The topological polar surface area (TPSA) is 136 Å². The lowest BCUT2D eigenvalue weighted by Gasteiger charge is -2.03. The fourth-order valence-electron chi connectivity index (χ4n) is 1.40. The van der Waals surface area contributed by atoms with Crippen LogP contribution in [0.15, 0.2) is 34.9 Å². The lowest BCUT2D eigenvalue weighted by Crippen LogP contribution is -2.13.